The first-order chi connectivity index (χ1) is 11.9. The fraction of sp³-hybridized carbons (Fsp3) is 0.364. The van der Waals surface area contributed by atoms with Crippen LogP contribution in [0.5, 0.6) is 0 Å². The summed E-state index contributed by atoms with van der Waals surface area (Å²) in [6, 6.07) is 14.4. The number of ketones is 1. The summed E-state index contributed by atoms with van der Waals surface area (Å²) in [7, 11) is 0. The Hall–Kier alpha value is -2.42. The van der Waals surface area contributed by atoms with E-state index in [4.69, 9.17) is 0 Å². The van der Waals surface area contributed by atoms with Crippen LogP contribution in [-0.2, 0) is 28.9 Å². The molecule has 0 spiro atoms. The molecular weight excluding hydrogens is 310 g/mol. The number of fused-ring (bicyclic) bond motifs is 1. The monoisotopic (exact) mass is 335 g/mol. The number of carbonyl (C=O) groups is 2. The lowest BCUT2D eigenvalue weighted by Gasteiger charge is -2.33. The van der Waals surface area contributed by atoms with Crippen LogP contribution in [0.2, 0.25) is 0 Å². The third kappa shape index (κ3) is 3.98. The Balaban J connectivity index is 1.73. The molecule has 2 aromatic rings. The van der Waals surface area contributed by atoms with Crippen molar-refractivity contribution in [3.63, 3.8) is 0 Å². The molecule has 25 heavy (non-hydrogen) atoms. The minimum atomic E-state index is 0.153. The van der Waals surface area contributed by atoms with Crippen LogP contribution in [0.15, 0.2) is 42.5 Å². The number of rotatable bonds is 5. The minimum absolute atomic E-state index is 0.153. The third-order valence-electron chi connectivity index (χ3n) is 4.72. The maximum atomic E-state index is 12.4. The van der Waals surface area contributed by atoms with Crippen LogP contribution in [0.1, 0.15) is 42.5 Å². The highest BCUT2D eigenvalue weighted by Crippen LogP contribution is 2.30. The van der Waals surface area contributed by atoms with E-state index < -0.39 is 0 Å². The van der Waals surface area contributed by atoms with Gasteiger partial charge in [-0.25, -0.2) is 0 Å². The molecule has 3 rings (SSSR count). The number of hydrogen-bond donors (Lipinski definition) is 0. The molecule has 0 aliphatic carbocycles. The van der Waals surface area contributed by atoms with Crippen molar-refractivity contribution < 1.29 is 9.59 Å². The molecule has 0 fully saturated rings. The average molecular weight is 335 g/mol. The van der Waals surface area contributed by atoms with Crippen molar-refractivity contribution in [1.82, 2.24) is 0 Å². The maximum Gasteiger partial charge on any atom is 0.227 e. The minimum Gasteiger partial charge on any atom is -0.310 e. The molecule has 0 saturated heterocycles. The second kappa shape index (κ2) is 7.22. The van der Waals surface area contributed by atoms with Crippen LogP contribution in [-0.4, -0.2) is 17.7 Å². The van der Waals surface area contributed by atoms with Crippen molar-refractivity contribution >= 4 is 17.4 Å². The number of hydrogen-bond acceptors (Lipinski definition) is 2. The highest BCUT2D eigenvalue weighted by molar-refractivity contribution is 5.97. The van der Waals surface area contributed by atoms with Gasteiger partial charge in [-0.15, -0.1) is 0 Å². The smallest absolute Gasteiger partial charge is 0.227 e. The van der Waals surface area contributed by atoms with Crippen LogP contribution in [0.3, 0.4) is 0 Å². The van der Waals surface area contributed by atoms with Gasteiger partial charge in [0.2, 0.25) is 5.91 Å². The van der Waals surface area contributed by atoms with E-state index in [9.17, 15) is 9.59 Å². The number of nitrogens with zero attached hydrogens (tertiary/aromatic N) is 1. The van der Waals surface area contributed by atoms with Gasteiger partial charge in [0.1, 0.15) is 5.78 Å². The number of carbonyl (C=O) groups excluding carboxylic acids is 2. The molecule has 0 radical (unpaired) electrons. The third-order valence-corrected chi connectivity index (χ3v) is 4.72. The van der Waals surface area contributed by atoms with Crippen molar-refractivity contribution in [2.75, 3.05) is 4.90 Å². The molecule has 0 saturated carbocycles. The Morgan fingerprint density at radius 1 is 1.00 bits per heavy atom. The molecule has 0 bridgehead atoms. The molecule has 130 valence electrons. The summed E-state index contributed by atoms with van der Waals surface area (Å²) in [4.78, 5) is 26.4. The molecule has 1 aliphatic rings. The Labute approximate surface area is 149 Å². The van der Waals surface area contributed by atoms with Gasteiger partial charge in [-0.1, -0.05) is 42.0 Å². The van der Waals surface area contributed by atoms with Crippen LogP contribution >= 0.6 is 0 Å². The predicted molar refractivity (Wildman–Crippen MR) is 101 cm³/mol. The highest BCUT2D eigenvalue weighted by atomic mass is 16.2. The molecule has 3 nitrogen and oxygen atoms in total. The topological polar surface area (TPSA) is 37.4 Å². The van der Waals surface area contributed by atoms with Gasteiger partial charge in [0, 0.05) is 31.0 Å². The van der Waals surface area contributed by atoms with Gasteiger partial charge in [0.05, 0.1) is 0 Å². The molecule has 0 atom stereocenters. The maximum absolute atomic E-state index is 12.4. The van der Waals surface area contributed by atoms with Crippen LogP contribution in [0.25, 0.3) is 0 Å². The zero-order chi connectivity index (χ0) is 18.0. The summed E-state index contributed by atoms with van der Waals surface area (Å²) in [5, 5.41) is 0. The molecule has 0 aromatic heterocycles. The number of anilines is 1. The van der Waals surface area contributed by atoms with Gasteiger partial charge in [0.15, 0.2) is 0 Å². The Morgan fingerprint density at radius 3 is 2.32 bits per heavy atom. The second-order valence-corrected chi connectivity index (χ2v) is 7.20. The lowest BCUT2D eigenvalue weighted by Crippen LogP contribution is -2.40. The summed E-state index contributed by atoms with van der Waals surface area (Å²) in [6.07, 6.45) is 2.22. The molecule has 3 heteroatoms. The number of aryl methyl sites for hydroxylation is 2. The van der Waals surface area contributed by atoms with Gasteiger partial charge in [0.25, 0.3) is 0 Å². The van der Waals surface area contributed by atoms with Gasteiger partial charge < -0.3 is 4.90 Å². The second-order valence-electron chi connectivity index (χ2n) is 7.20. The summed E-state index contributed by atoms with van der Waals surface area (Å²) in [5.74, 6) is 0.405. The summed E-state index contributed by atoms with van der Waals surface area (Å²) in [6.45, 7) is 6.11. The molecule has 0 N–H and O–H groups in total. The van der Waals surface area contributed by atoms with E-state index in [0.29, 0.717) is 19.3 Å². The largest absolute Gasteiger partial charge is 0.310 e. The summed E-state index contributed by atoms with van der Waals surface area (Å²) < 4.78 is 0. The van der Waals surface area contributed by atoms with Crippen LogP contribution < -0.4 is 4.90 Å². The molecular formula is C22H25NO2. The van der Waals surface area contributed by atoms with E-state index in [2.05, 4.69) is 6.07 Å². The number of Topliss-reactive ketones (excluding diaryl/α,β-unsaturated/α-hetero) is 1. The van der Waals surface area contributed by atoms with Crippen molar-refractivity contribution in [2.24, 2.45) is 0 Å². The Morgan fingerprint density at radius 2 is 1.64 bits per heavy atom. The lowest BCUT2D eigenvalue weighted by atomic mass is 9.95. The van der Waals surface area contributed by atoms with Crippen molar-refractivity contribution in [3.05, 3.63) is 64.7 Å². The summed E-state index contributed by atoms with van der Waals surface area (Å²) >= 11 is 0. The predicted octanol–water partition coefficient (Wildman–Crippen LogP) is 4.04. The standard InChI is InChI=1S/C22H25NO2/c1-15(2)23-21-10-8-18(12-19(21)9-11-22(23)25)14-20(24)13-17-6-4-16(3)5-7-17/h4-8,10,12,15H,9,11,13-14H2,1-3H3. The molecule has 2 aromatic carbocycles. The van der Waals surface area contributed by atoms with E-state index in [0.717, 1.165) is 23.2 Å². The number of amides is 1. The van der Waals surface area contributed by atoms with Gasteiger partial charge in [-0.05, 0) is 49.9 Å². The van der Waals surface area contributed by atoms with Crippen LogP contribution in [0, 0.1) is 6.92 Å². The van der Waals surface area contributed by atoms with Gasteiger partial charge in [-0.3, -0.25) is 9.59 Å². The molecule has 1 aliphatic heterocycles. The Kier molecular flexibility index (Phi) is 5.03. The van der Waals surface area contributed by atoms with Gasteiger partial charge in [-0.2, -0.15) is 0 Å². The normalized spacial score (nSPS) is 13.9. The molecule has 1 amide bonds. The molecule has 0 unspecified atom stereocenters. The summed E-state index contributed by atoms with van der Waals surface area (Å²) in [5.41, 5.74) is 5.48. The van der Waals surface area contributed by atoms with Gasteiger partial charge >= 0.3 is 0 Å². The SMILES string of the molecule is Cc1ccc(CC(=O)Cc2ccc3c(c2)CCC(=O)N3C(C)C)cc1. The first kappa shape index (κ1) is 17.4. The first-order valence-corrected chi connectivity index (χ1v) is 8.95. The fourth-order valence-electron chi connectivity index (χ4n) is 3.47. The van der Waals surface area contributed by atoms with E-state index >= 15 is 0 Å². The van der Waals surface area contributed by atoms with E-state index in [1.807, 2.05) is 62.1 Å². The Bertz CT molecular complexity index is 790. The lowest BCUT2D eigenvalue weighted by molar-refractivity contribution is -0.119. The van der Waals surface area contributed by atoms with E-state index in [1.165, 1.54) is 11.1 Å². The quantitative estimate of drug-likeness (QED) is 0.827. The van der Waals surface area contributed by atoms with E-state index in [-0.39, 0.29) is 17.7 Å². The molecule has 1 heterocycles. The van der Waals surface area contributed by atoms with Crippen molar-refractivity contribution in [1.29, 1.82) is 0 Å². The van der Waals surface area contributed by atoms with Crippen molar-refractivity contribution in [3.8, 4) is 0 Å². The van der Waals surface area contributed by atoms with E-state index in [1.54, 1.807) is 0 Å². The zero-order valence-electron chi connectivity index (χ0n) is 15.2. The number of benzene rings is 2. The van der Waals surface area contributed by atoms with Crippen molar-refractivity contribution in [2.45, 2.75) is 52.5 Å². The first-order valence-electron chi connectivity index (χ1n) is 8.95. The average Bonchev–Trinajstić information content (AvgIpc) is 2.56. The fourth-order valence-corrected chi connectivity index (χ4v) is 3.47. The van der Waals surface area contributed by atoms with Crippen LogP contribution in [0.4, 0.5) is 5.69 Å². The highest BCUT2D eigenvalue weighted by Gasteiger charge is 2.26. The zero-order valence-corrected chi connectivity index (χ0v) is 15.2.